The second-order valence-electron chi connectivity index (χ2n) is 3.22. The van der Waals surface area contributed by atoms with Crippen LogP contribution in [0.15, 0.2) is 29.2 Å². The number of sulfone groups is 1. The first-order chi connectivity index (χ1) is 8.32. The van der Waals surface area contributed by atoms with Crippen molar-refractivity contribution in [2.24, 2.45) is 0 Å². The predicted molar refractivity (Wildman–Crippen MR) is 76.3 cm³/mol. The quantitative estimate of drug-likeness (QED) is 0.695. The van der Waals surface area contributed by atoms with Crippen LogP contribution in [0.1, 0.15) is 0 Å². The zero-order chi connectivity index (χ0) is 13.4. The summed E-state index contributed by atoms with van der Waals surface area (Å²) in [5, 5.41) is 13.2. The molecule has 10 heteroatoms. The van der Waals surface area contributed by atoms with Crippen molar-refractivity contribution in [2.75, 3.05) is 0 Å². The van der Waals surface area contributed by atoms with Crippen molar-refractivity contribution in [3.8, 4) is 11.4 Å². The first-order valence-electron chi connectivity index (χ1n) is 4.48. The van der Waals surface area contributed by atoms with Crippen LogP contribution in [0.25, 0.3) is 11.4 Å². The minimum absolute atomic E-state index is 0.157. The molecule has 0 aliphatic carbocycles. The van der Waals surface area contributed by atoms with E-state index in [2.05, 4.69) is 68.4 Å². The van der Waals surface area contributed by atoms with E-state index in [1.165, 1.54) is 12.1 Å². The Hall–Kier alpha value is -0.320. The Morgan fingerprint density at radius 2 is 1.72 bits per heavy atom. The summed E-state index contributed by atoms with van der Waals surface area (Å²) < 4.78 is 22.7. The van der Waals surface area contributed by atoms with E-state index in [9.17, 15) is 8.42 Å². The zero-order valence-corrected chi connectivity index (χ0v) is 14.1. The molecule has 1 heterocycles. The highest BCUT2D eigenvalue weighted by atomic mass is 80.0. The number of hydrogen-bond donors (Lipinski definition) is 1. The fourth-order valence-electron chi connectivity index (χ4n) is 1.21. The SMILES string of the molecule is O=S(=O)(c1ccc(-c2nnn[nH]2)cc1)C(Br)(Br)Br. The molecule has 0 spiro atoms. The van der Waals surface area contributed by atoms with Crippen molar-refractivity contribution in [2.45, 2.75) is 6.37 Å². The summed E-state index contributed by atoms with van der Waals surface area (Å²) in [6.07, 6.45) is 0. The second-order valence-corrected chi connectivity index (χ2v) is 13.6. The summed E-state index contributed by atoms with van der Waals surface area (Å²) in [6, 6.07) is 6.19. The predicted octanol–water partition coefficient (Wildman–Crippen LogP) is 2.44. The molecule has 0 aliphatic heterocycles. The standard InChI is InChI=1S/C8H5Br3N4O2S/c9-8(10,11)18(16,17)6-3-1-5(2-4-6)7-12-14-15-13-7/h1-4H,(H,12,13,14,15). The van der Waals surface area contributed by atoms with Crippen LogP contribution in [0.4, 0.5) is 0 Å². The van der Waals surface area contributed by atoms with Gasteiger partial charge in [-0.1, -0.05) is 0 Å². The van der Waals surface area contributed by atoms with Gasteiger partial charge < -0.3 is 0 Å². The Bertz CT molecular complexity index is 634. The third-order valence-corrected chi connectivity index (χ3v) is 7.43. The Morgan fingerprint density at radius 1 is 1.11 bits per heavy atom. The number of nitrogens with one attached hydrogen (secondary N) is 1. The summed E-state index contributed by atoms with van der Waals surface area (Å²) in [6.45, 7) is 0. The molecule has 0 saturated carbocycles. The number of H-pyrrole nitrogens is 1. The maximum Gasteiger partial charge on any atom is 0.239 e. The van der Waals surface area contributed by atoms with E-state index in [4.69, 9.17) is 0 Å². The second kappa shape index (κ2) is 4.99. The first-order valence-corrected chi connectivity index (χ1v) is 8.34. The molecule has 0 bridgehead atoms. The lowest BCUT2D eigenvalue weighted by Crippen LogP contribution is -2.17. The van der Waals surface area contributed by atoms with E-state index in [1.807, 2.05) is 0 Å². The molecule has 96 valence electrons. The molecular weight excluding hydrogens is 456 g/mol. The Labute approximate surface area is 128 Å². The molecule has 1 aromatic carbocycles. The lowest BCUT2D eigenvalue weighted by atomic mass is 10.2. The highest BCUT2D eigenvalue weighted by Crippen LogP contribution is 2.43. The molecule has 2 rings (SSSR count). The van der Waals surface area contributed by atoms with Crippen molar-refractivity contribution in [1.29, 1.82) is 0 Å². The third-order valence-electron chi connectivity index (χ3n) is 2.09. The van der Waals surface area contributed by atoms with Crippen LogP contribution in [0, 0.1) is 0 Å². The van der Waals surface area contributed by atoms with Gasteiger partial charge in [0.05, 0.1) is 4.90 Å². The van der Waals surface area contributed by atoms with E-state index < -0.39 is 11.3 Å². The van der Waals surface area contributed by atoms with Crippen LogP contribution in [-0.4, -0.2) is 30.5 Å². The van der Waals surface area contributed by atoms with Crippen LogP contribution in [-0.2, 0) is 9.84 Å². The summed E-state index contributed by atoms with van der Waals surface area (Å²) >= 11 is 9.00. The molecule has 0 aliphatic rings. The smallest absolute Gasteiger partial charge is 0.239 e. The van der Waals surface area contributed by atoms with Crippen molar-refractivity contribution < 1.29 is 8.42 Å². The highest BCUT2D eigenvalue weighted by Gasteiger charge is 2.37. The Kier molecular flexibility index (Phi) is 3.90. The number of hydrogen-bond acceptors (Lipinski definition) is 5. The molecule has 18 heavy (non-hydrogen) atoms. The molecule has 6 nitrogen and oxygen atoms in total. The van der Waals surface area contributed by atoms with Gasteiger partial charge in [0.1, 0.15) is 0 Å². The van der Waals surface area contributed by atoms with Crippen LogP contribution >= 0.6 is 47.8 Å². The number of nitrogens with zero attached hydrogens (tertiary/aromatic N) is 3. The third kappa shape index (κ3) is 2.65. The van der Waals surface area contributed by atoms with Crippen molar-refractivity contribution >= 4 is 57.6 Å². The monoisotopic (exact) mass is 458 g/mol. The fraction of sp³-hybridized carbons (Fsp3) is 0.125. The zero-order valence-electron chi connectivity index (χ0n) is 8.51. The van der Waals surface area contributed by atoms with Gasteiger partial charge in [0.15, 0.2) is 5.82 Å². The number of aromatic nitrogens is 4. The molecule has 0 unspecified atom stereocenters. The van der Waals surface area contributed by atoms with E-state index in [-0.39, 0.29) is 4.90 Å². The number of tetrazole rings is 1. The lowest BCUT2D eigenvalue weighted by Gasteiger charge is -2.13. The first kappa shape index (κ1) is 14.1. The fourth-order valence-corrected chi connectivity index (χ4v) is 3.65. The minimum Gasteiger partial charge on any atom is -0.239 e. The van der Waals surface area contributed by atoms with Gasteiger partial charge in [-0.2, -0.15) is 0 Å². The Morgan fingerprint density at radius 3 is 2.17 bits per heavy atom. The number of aromatic amines is 1. The molecule has 0 radical (unpaired) electrons. The van der Waals surface area contributed by atoms with Crippen LogP contribution in [0.5, 0.6) is 0 Å². The van der Waals surface area contributed by atoms with Crippen molar-refractivity contribution in [3.63, 3.8) is 0 Å². The largest absolute Gasteiger partial charge is 0.239 e. The van der Waals surface area contributed by atoms with E-state index in [0.29, 0.717) is 11.4 Å². The van der Waals surface area contributed by atoms with Crippen molar-refractivity contribution in [3.05, 3.63) is 24.3 Å². The van der Waals surface area contributed by atoms with Gasteiger partial charge in [-0.15, -0.1) is 5.10 Å². The number of halogens is 3. The topological polar surface area (TPSA) is 88.6 Å². The molecule has 1 aromatic heterocycles. The van der Waals surface area contributed by atoms with Crippen LogP contribution < -0.4 is 0 Å². The van der Waals surface area contributed by atoms with Gasteiger partial charge in [-0.05, 0) is 82.5 Å². The summed E-state index contributed by atoms with van der Waals surface area (Å²) in [4.78, 5) is 0.157. The molecular formula is C8H5Br3N4O2S. The maximum absolute atomic E-state index is 12.1. The highest BCUT2D eigenvalue weighted by molar-refractivity contribution is 9.42. The van der Waals surface area contributed by atoms with E-state index >= 15 is 0 Å². The molecule has 1 N–H and O–H groups in total. The summed E-state index contributed by atoms with van der Waals surface area (Å²) in [7, 11) is -3.57. The van der Waals surface area contributed by atoms with Gasteiger partial charge in [-0.3, -0.25) is 0 Å². The lowest BCUT2D eigenvalue weighted by molar-refractivity contribution is 0.599. The number of rotatable bonds is 2. The van der Waals surface area contributed by atoms with Gasteiger partial charge in [-0.25, -0.2) is 13.5 Å². The average molecular weight is 461 g/mol. The molecule has 0 saturated heterocycles. The number of benzene rings is 1. The Balaban J connectivity index is 2.40. The van der Waals surface area contributed by atoms with E-state index in [1.54, 1.807) is 12.1 Å². The summed E-state index contributed by atoms with van der Waals surface area (Å²) in [5.41, 5.74) is 0.697. The van der Waals surface area contributed by atoms with Gasteiger partial charge in [0.25, 0.3) is 0 Å². The van der Waals surface area contributed by atoms with E-state index in [0.717, 1.165) is 0 Å². The average Bonchev–Trinajstić information content (AvgIpc) is 2.81. The van der Waals surface area contributed by atoms with Crippen molar-refractivity contribution in [1.82, 2.24) is 20.6 Å². The number of alkyl halides is 3. The molecule has 0 fully saturated rings. The van der Waals surface area contributed by atoms with Crippen LogP contribution in [0.3, 0.4) is 0 Å². The summed E-state index contributed by atoms with van der Waals surface area (Å²) in [5.74, 6) is 0.474. The van der Waals surface area contributed by atoms with Crippen LogP contribution in [0.2, 0.25) is 0 Å². The van der Waals surface area contributed by atoms with Gasteiger partial charge in [0, 0.05) is 5.56 Å². The molecule has 0 atom stereocenters. The van der Waals surface area contributed by atoms with Gasteiger partial charge in [0.2, 0.25) is 11.3 Å². The molecule has 0 amide bonds. The maximum atomic E-state index is 12.1. The minimum atomic E-state index is -3.57. The normalized spacial score (nSPS) is 12.6. The van der Waals surface area contributed by atoms with Gasteiger partial charge >= 0.3 is 0 Å². The molecule has 2 aromatic rings.